The molecule has 1 aromatic carbocycles. The van der Waals surface area contributed by atoms with Crippen molar-refractivity contribution in [1.82, 2.24) is 4.90 Å². The number of hydrogen-bond acceptors (Lipinski definition) is 5. The Balaban J connectivity index is 0.00000210. The number of rotatable bonds is 5. The van der Waals surface area contributed by atoms with Crippen LogP contribution in [0.3, 0.4) is 0 Å². The highest BCUT2D eigenvalue weighted by Gasteiger charge is 2.35. The first-order valence-corrected chi connectivity index (χ1v) is 9.77. The minimum atomic E-state index is -0.902. The maximum Gasteiger partial charge on any atom is 0.244 e. The van der Waals surface area contributed by atoms with Crippen LogP contribution in [0.4, 0.5) is 11.4 Å². The summed E-state index contributed by atoms with van der Waals surface area (Å²) in [6.45, 7) is 5.29. The van der Waals surface area contributed by atoms with Crippen molar-refractivity contribution < 1.29 is 14.3 Å². The van der Waals surface area contributed by atoms with E-state index in [1.54, 1.807) is 6.07 Å². The van der Waals surface area contributed by atoms with Gasteiger partial charge in [-0.3, -0.25) is 14.5 Å². The largest absolute Gasteiger partial charge is 0.381 e. The van der Waals surface area contributed by atoms with Gasteiger partial charge in [0.05, 0.1) is 6.54 Å². The number of nitrogens with two attached hydrogens (primary N) is 1. The van der Waals surface area contributed by atoms with Gasteiger partial charge in [-0.15, -0.1) is 24.8 Å². The monoisotopic (exact) mass is 446 g/mol. The molecule has 7 nitrogen and oxygen atoms in total. The summed E-state index contributed by atoms with van der Waals surface area (Å²) in [5.74, 6) is -0.233. The van der Waals surface area contributed by atoms with Gasteiger partial charge in [0.15, 0.2) is 0 Å². The molecule has 2 heterocycles. The molecule has 29 heavy (non-hydrogen) atoms. The lowest BCUT2D eigenvalue weighted by molar-refractivity contribution is -0.124. The summed E-state index contributed by atoms with van der Waals surface area (Å²) in [6.07, 6.45) is 4.56. The van der Waals surface area contributed by atoms with E-state index < -0.39 is 5.54 Å². The third-order valence-corrected chi connectivity index (χ3v) is 5.42. The number of hydrogen-bond donors (Lipinski definition) is 3. The zero-order valence-electron chi connectivity index (χ0n) is 16.9. The van der Waals surface area contributed by atoms with Crippen LogP contribution >= 0.6 is 24.8 Å². The number of anilines is 2. The van der Waals surface area contributed by atoms with Gasteiger partial charge in [-0.1, -0.05) is 12.5 Å². The van der Waals surface area contributed by atoms with Crippen LogP contribution in [0.2, 0.25) is 0 Å². The summed E-state index contributed by atoms with van der Waals surface area (Å²) < 4.78 is 5.29. The number of amides is 2. The topological polar surface area (TPSA) is 96.7 Å². The molecule has 0 saturated carbocycles. The first kappa shape index (κ1) is 25.7. The number of halogens is 2. The molecular formula is C20H32Cl2N4O3. The number of nitrogens with zero attached hydrogens (tertiary/aromatic N) is 1. The van der Waals surface area contributed by atoms with Crippen molar-refractivity contribution in [1.29, 1.82) is 0 Å². The van der Waals surface area contributed by atoms with E-state index in [9.17, 15) is 9.59 Å². The van der Waals surface area contributed by atoms with E-state index in [1.807, 2.05) is 19.1 Å². The molecule has 0 atom stereocenters. The van der Waals surface area contributed by atoms with E-state index >= 15 is 0 Å². The number of aryl methyl sites for hydroxylation is 1. The average Bonchev–Trinajstić information content (AvgIpc) is 2.66. The number of nitrogens with one attached hydrogen (secondary N) is 2. The first-order chi connectivity index (χ1) is 13.0. The van der Waals surface area contributed by atoms with Crippen LogP contribution in [-0.2, 0) is 14.3 Å². The lowest BCUT2D eigenvalue weighted by Gasteiger charge is -2.31. The van der Waals surface area contributed by atoms with E-state index in [4.69, 9.17) is 10.5 Å². The van der Waals surface area contributed by atoms with Crippen molar-refractivity contribution in [3.8, 4) is 0 Å². The number of piperidine rings is 1. The molecule has 0 unspecified atom stereocenters. The van der Waals surface area contributed by atoms with E-state index in [-0.39, 0.29) is 36.6 Å². The fourth-order valence-corrected chi connectivity index (χ4v) is 3.56. The third-order valence-electron chi connectivity index (χ3n) is 5.42. The van der Waals surface area contributed by atoms with Crippen molar-refractivity contribution in [2.24, 2.45) is 5.73 Å². The van der Waals surface area contributed by atoms with Gasteiger partial charge < -0.3 is 21.1 Å². The van der Waals surface area contributed by atoms with E-state index in [1.165, 1.54) is 6.42 Å². The van der Waals surface area contributed by atoms with Crippen molar-refractivity contribution in [3.05, 3.63) is 23.8 Å². The van der Waals surface area contributed by atoms with Gasteiger partial charge in [-0.25, -0.2) is 0 Å². The van der Waals surface area contributed by atoms with E-state index in [0.717, 1.165) is 31.5 Å². The van der Waals surface area contributed by atoms with Gasteiger partial charge in [0, 0.05) is 24.6 Å². The molecule has 2 fully saturated rings. The SMILES string of the molecule is Cc1ccc(NC(=O)C2(N)CCOCC2)cc1NC(=O)CN1CCCCC1.Cl.Cl. The smallest absolute Gasteiger partial charge is 0.244 e. The number of carbonyl (C=O) groups excluding carboxylic acids is 2. The molecule has 0 aromatic heterocycles. The van der Waals surface area contributed by atoms with Crippen molar-refractivity contribution >= 4 is 48.0 Å². The summed E-state index contributed by atoms with van der Waals surface area (Å²) in [6, 6.07) is 5.51. The minimum absolute atomic E-state index is 0. The summed E-state index contributed by atoms with van der Waals surface area (Å²) in [4.78, 5) is 27.2. The fourth-order valence-electron chi connectivity index (χ4n) is 3.56. The highest BCUT2D eigenvalue weighted by molar-refractivity contribution is 5.99. The molecule has 4 N–H and O–H groups in total. The Morgan fingerprint density at radius 3 is 2.41 bits per heavy atom. The molecule has 2 amide bonds. The quantitative estimate of drug-likeness (QED) is 0.645. The highest BCUT2D eigenvalue weighted by Crippen LogP contribution is 2.24. The van der Waals surface area contributed by atoms with Crippen molar-refractivity contribution in [3.63, 3.8) is 0 Å². The minimum Gasteiger partial charge on any atom is -0.381 e. The van der Waals surface area contributed by atoms with Gasteiger partial charge in [0.25, 0.3) is 0 Å². The second-order valence-corrected chi connectivity index (χ2v) is 7.64. The second kappa shape index (κ2) is 11.7. The first-order valence-electron chi connectivity index (χ1n) is 9.77. The normalized spacial score (nSPS) is 18.7. The Kier molecular flexibility index (Phi) is 10.4. The number of ether oxygens (including phenoxy) is 1. The molecule has 0 radical (unpaired) electrons. The highest BCUT2D eigenvalue weighted by atomic mass is 35.5. The number of likely N-dealkylation sites (tertiary alicyclic amines) is 1. The zero-order chi connectivity index (χ0) is 19.3. The molecule has 164 valence electrons. The Morgan fingerprint density at radius 2 is 1.76 bits per heavy atom. The maximum absolute atomic E-state index is 12.6. The van der Waals surface area contributed by atoms with Crippen LogP contribution in [0.5, 0.6) is 0 Å². The molecule has 1 aromatic rings. The predicted molar refractivity (Wildman–Crippen MR) is 120 cm³/mol. The average molecular weight is 447 g/mol. The lowest BCUT2D eigenvalue weighted by atomic mass is 9.90. The predicted octanol–water partition coefficient (Wildman–Crippen LogP) is 2.71. The number of carbonyl (C=O) groups is 2. The Bertz CT molecular complexity index is 690. The lowest BCUT2D eigenvalue weighted by Crippen LogP contribution is -2.54. The number of benzene rings is 1. The molecule has 2 aliphatic rings. The van der Waals surface area contributed by atoms with E-state index in [0.29, 0.717) is 44.0 Å². The van der Waals surface area contributed by atoms with E-state index in [2.05, 4.69) is 15.5 Å². The molecular weight excluding hydrogens is 415 g/mol. The Labute approximate surface area is 184 Å². The Morgan fingerprint density at radius 1 is 1.10 bits per heavy atom. The molecule has 0 aliphatic carbocycles. The van der Waals surface area contributed by atoms with Crippen LogP contribution in [-0.4, -0.2) is 55.1 Å². The van der Waals surface area contributed by atoms with Crippen molar-refractivity contribution in [2.75, 3.05) is 43.5 Å². The molecule has 0 bridgehead atoms. The molecule has 0 spiro atoms. The van der Waals surface area contributed by atoms with Gasteiger partial charge >= 0.3 is 0 Å². The van der Waals surface area contributed by atoms with Gasteiger partial charge in [-0.2, -0.15) is 0 Å². The molecule has 9 heteroatoms. The van der Waals surface area contributed by atoms with Gasteiger partial charge in [0.2, 0.25) is 11.8 Å². The maximum atomic E-state index is 12.6. The zero-order valence-corrected chi connectivity index (χ0v) is 18.5. The molecule has 2 saturated heterocycles. The van der Waals surface area contributed by atoms with Crippen LogP contribution in [0.15, 0.2) is 18.2 Å². The fraction of sp³-hybridized carbons (Fsp3) is 0.600. The molecule has 2 aliphatic heterocycles. The van der Waals surface area contributed by atoms with Crippen molar-refractivity contribution in [2.45, 2.75) is 44.6 Å². The summed E-state index contributed by atoms with van der Waals surface area (Å²) >= 11 is 0. The molecule has 3 rings (SSSR count). The van der Waals surface area contributed by atoms with Crippen LogP contribution in [0.1, 0.15) is 37.7 Å². The standard InChI is InChI=1S/C20H30N4O3.2ClH/c1-15-5-6-16(22-19(26)20(21)7-11-27-12-8-20)13-17(15)23-18(25)14-24-9-3-2-4-10-24;;/h5-6,13H,2-4,7-12,14,21H2,1H3,(H,22,26)(H,23,25);2*1H. The van der Waals surface area contributed by atoms with Gasteiger partial charge in [0.1, 0.15) is 5.54 Å². The summed E-state index contributed by atoms with van der Waals surface area (Å²) in [5, 5.41) is 5.87. The Hall–Kier alpha value is -1.38. The third kappa shape index (κ3) is 7.12. The van der Waals surface area contributed by atoms with Crippen LogP contribution in [0, 0.1) is 6.92 Å². The second-order valence-electron chi connectivity index (χ2n) is 7.64. The van der Waals surface area contributed by atoms with Crippen LogP contribution < -0.4 is 16.4 Å². The summed E-state index contributed by atoms with van der Waals surface area (Å²) in [5.41, 5.74) is 7.64. The van der Waals surface area contributed by atoms with Gasteiger partial charge in [-0.05, 0) is 63.4 Å². The van der Waals surface area contributed by atoms with Crippen LogP contribution in [0.25, 0.3) is 0 Å². The summed E-state index contributed by atoms with van der Waals surface area (Å²) in [7, 11) is 0.